The van der Waals surface area contributed by atoms with Gasteiger partial charge in [-0.25, -0.2) is 0 Å². The molecule has 0 saturated heterocycles. The molecule has 0 aromatic heterocycles. The molecule has 2 nitrogen and oxygen atoms in total. The molecule has 0 bridgehead atoms. The van der Waals surface area contributed by atoms with Crippen molar-refractivity contribution in [1.82, 2.24) is 10.6 Å². The Morgan fingerprint density at radius 3 is 1.71 bits per heavy atom. The normalized spacial score (nSPS) is 26.0. The summed E-state index contributed by atoms with van der Waals surface area (Å²) in [6.07, 6.45) is 10.7. The maximum atomic E-state index is 3.69. The molecule has 0 radical (unpaired) electrons. The molecular formula is C12H20N2. The van der Waals surface area contributed by atoms with Crippen molar-refractivity contribution < 1.29 is 0 Å². The van der Waals surface area contributed by atoms with Crippen LogP contribution < -0.4 is 10.6 Å². The molecule has 0 aromatic carbocycles. The largest absolute Gasteiger partial charge is 0.307 e. The minimum atomic E-state index is 0.523. The second-order valence-corrected chi connectivity index (χ2v) is 3.57. The van der Waals surface area contributed by atoms with Crippen LogP contribution in [0.2, 0.25) is 0 Å². The zero-order valence-electron chi connectivity index (χ0n) is 8.71. The molecule has 1 aliphatic carbocycles. The van der Waals surface area contributed by atoms with Crippen molar-refractivity contribution in [2.45, 2.75) is 24.9 Å². The van der Waals surface area contributed by atoms with Crippen LogP contribution in [-0.2, 0) is 0 Å². The Kier molecular flexibility index (Phi) is 5.27. The van der Waals surface area contributed by atoms with E-state index in [1.807, 2.05) is 12.2 Å². The van der Waals surface area contributed by atoms with Gasteiger partial charge in [-0.05, 0) is 12.8 Å². The Morgan fingerprint density at radius 2 is 1.43 bits per heavy atom. The molecule has 0 spiro atoms. The zero-order valence-corrected chi connectivity index (χ0v) is 8.71. The van der Waals surface area contributed by atoms with Crippen LogP contribution in [0.5, 0.6) is 0 Å². The van der Waals surface area contributed by atoms with Crippen molar-refractivity contribution in [2.75, 3.05) is 13.1 Å². The van der Waals surface area contributed by atoms with Gasteiger partial charge in [0, 0.05) is 25.2 Å². The van der Waals surface area contributed by atoms with Crippen molar-refractivity contribution in [2.24, 2.45) is 0 Å². The van der Waals surface area contributed by atoms with E-state index in [4.69, 9.17) is 0 Å². The van der Waals surface area contributed by atoms with Crippen molar-refractivity contribution in [3.05, 3.63) is 37.5 Å². The van der Waals surface area contributed by atoms with Crippen molar-refractivity contribution in [1.29, 1.82) is 0 Å². The van der Waals surface area contributed by atoms with E-state index >= 15 is 0 Å². The summed E-state index contributed by atoms with van der Waals surface area (Å²) in [6, 6.07) is 1.05. The Balaban J connectivity index is 2.24. The van der Waals surface area contributed by atoms with Gasteiger partial charge in [-0.15, -0.1) is 13.2 Å². The van der Waals surface area contributed by atoms with Crippen LogP contribution in [0.25, 0.3) is 0 Å². The highest BCUT2D eigenvalue weighted by Crippen LogP contribution is 2.11. The van der Waals surface area contributed by atoms with E-state index in [0.29, 0.717) is 12.1 Å². The second kappa shape index (κ2) is 6.57. The lowest BCUT2D eigenvalue weighted by Gasteiger charge is -2.23. The van der Waals surface area contributed by atoms with Crippen LogP contribution in [0.15, 0.2) is 37.5 Å². The maximum Gasteiger partial charge on any atom is 0.0254 e. The Hall–Kier alpha value is -0.860. The molecular weight excluding hydrogens is 172 g/mol. The first kappa shape index (κ1) is 11.2. The van der Waals surface area contributed by atoms with Crippen LogP contribution in [0.3, 0.4) is 0 Å². The van der Waals surface area contributed by atoms with Crippen LogP contribution in [0, 0.1) is 0 Å². The molecule has 0 fully saturated rings. The monoisotopic (exact) mass is 192 g/mol. The van der Waals surface area contributed by atoms with Crippen LogP contribution >= 0.6 is 0 Å². The van der Waals surface area contributed by atoms with Gasteiger partial charge in [0.05, 0.1) is 0 Å². The SMILES string of the molecule is C=CCN[C@@H]1C=C[C@@H](NCC=C)CC1. The molecule has 78 valence electrons. The Labute approximate surface area is 86.8 Å². The smallest absolute Gasteiger partial charge is 0.0254 e. The lowest BCUT2D eigenvalue weighted by atomic mass is 9.98. The maximum absolute atomic E-state index is 3.69. The summed E-state index contributed by atoms with van der Waals surface area (Å²) in [7, 11) is 0. The van der Waals surface area contributed by atoms with E-state index in [1.54, 1.807) is 0 Å². The summed E-state index contributed by atoms with van der Waals surface area (Å²) in [5.74, 6) is 0. The number of hydrogen-bond acceptors (Lipinski definition) is 2. The molecule has 0 saturated carbocycles. The molecule has 2 heteroatoms. The average Bonchev–Trinajstić information content (AvgIpc) is 2.25. The lowest BCUT2D eigenvalue weighted by Crippen LogP contribution is -2.36. The summed E-state index contributed by atoms with van der Waals surface area (Å²) in [5, 5.41) is 6.79. The molecule has 0 unspecified atom stereocenters. The Bertz CT molecular complexity index is 186. The first-order valence-corrected chi connectivity index (χ1v) is 5.23. The Morgan fingerprint density at radius 1 is 1.00 bits per heavy atom. The summed E-state index contributed by atoms with van der Waals surface area (Å²) < 4.78 is 0. The highest BCUT2D eigenvalue weighted by molar-refractivity contribution is 5.05. The topological polar surface area (TPSA) is 24.1 Å². The lowest BCUT2D eigenvalue weighted by molar-refractivity contribution is 0.478. The first-order valence-electron chi connectivity index (χ1n) is 5.23. The molecule has 1 rings (SSSR count). The molecule has 0 heterocycles. The summed E-state index contributed by atoms with van der Waals surface area (Å²) in [5.41, 5.74) is 0. The van der Waals surface area contributed by atoms with Gasteiger partial charge in [-0.2, -0.15) is 0 Å². The average molecular weight is 192 g/mol. The molecule has 0 amide bonds. The molecule has 14 heavy (non-hydrogen) atoms. The van der Waals surface area contributed by atoms with Crippen molar-refractivity contribution in [3.8, 4) is 0 Å². The van der Waals surface area contributed by atoms with Gasteiger partial charge < -0.3 is 10.6 Å². The summed E-state index contributed by atoms with van der Waals surface area (Å²) >= 11 is 0. The van der Waals surface area contributed by atoms with Crippen LogP contribution in [0.4, 0.5) is 0 Å². The van der Waals surface area contributed by atoms with E-state index in [-0.39, 0.29) is 0 Å². The first-order chi connectivity index (χ1) is 6.86. The van der Waals surface area contributed by atoms with Crippen molar-refractivity contribution in [3.63, 3.8) is 0 Å². The summed E-state index contributed by atoms with van der Waals surface area (Å²) in [6.45, 7) is 9.16. The highest BCUT2D eigenvalue weighted by Gasteiger charge is 2.13. The van der Waals surface area contributed by atoms with Crippen LogP contribution in [0.1, 0.15) is 12.8 Å². The minimum Gasteiger partial charge on any atom is -0.307 e. The fourth-order valence-electron chi connectivity index (χ4n) is 1.63. The summed E-state index contributed by atoms with van der Waals surface area (Å²) in [4.78, 5) is 0. The van der Waals surface area contributed by atoms with Gasteiger partial charge in [0.2, 0.25) is 0 Å². The minimum absolute atomic E-state index is 0.523. The van der Waals surface area contributed by atoms with Gasteiger partial charge in [0.15, 0.2) is 0 Å². The van der Waals surface area contributed by atoms with E-state index in [2.05, 4.69) is 35.9 Å². The number of rotatable bonds is 6. The van der Waals surface area contributed by atoms with Gasteiger partial charge in [0.1, 0.15) is 0 Å². The highest BCUT2D eigenvalue weighted by atomic mass is 14.9. The fraction of sp³-hybridized carbons (Fsp3) is 0.500. The van der Waals surface area contributed by atoms with Crippen molar-refractivity contribution >= 4 is 0 Å². The quantitative estimate of drug-likeness (QED) is 0.625. The van der Waals surface area contributed by atoms with Crippen LogP contribution in [-0.4, -0.2) is 25.2 Å². The number of hydrogen-bond donors (Lipinski definition) is 2. The standard InChI is InChI=1S/C12H20N2/c1-3-9-13-11-5-7-12(8-6-11)14-10-4-2/h3-5,7,11-14H,1-2,6,8-10H2/t11-,12-/m1/s1. The van der Waals surface area contributed by atoms with Gasteiger partial charge in [0.25, 0.3) is 0 Å². The molecule has 2 atom stereocenters. The number of nitrogens with one attached hydrogen (secondary N) is 2. The molecule has 0 aliphatic heterocycles. The van der Waals surface area contributed by atoms with E-state index in [0.717, 1.165) is 13.1 Å². The predicted octanol–water partition coefficient (Wildman–Crippen LogP) is 1.62. The van der Waals surface area contributed by atoms with E-state index in [1.165, 1.54) is 12.8 Å². The molecule has 2 N–H and O–H groups in total. The van der Waals surface area contributed by atoms with E-state index < -0.39 is 0 Å². The van der Waals surface area contributed by atoms with E-state index in [9.17, 15) is 0 Å². The third-order valence-corrected chi connectivity index (χ3v) is 2.41. The van der Waals surface area contributed by atoms with Gasteiger partial charge in [-0.3, -0.25) is 0 Å². The molecule has 0 aromatic rings. The third-order valence-electron chi connectivity index (χ3n) is 2.41. The van der Waals surface area contributed by atoms with Gasteiger partial charge >= 0.3 is 0 Å². The fourth-order valence-corrected chi connectivity index (χ4v) is 1.63. The molecule has 1 aliphatic rings. The third kappa shape index (κ3) is 3.90. The second-order valence-electron chi connectivity index (χ2n) is 3.57. The zero-order chi connectivity index (χ0) is 10.2. The van der Waals surface area contributed by atoms with Gasteiger partial charge in [-0.1, -0.05) is 24.3 Å². The predicted molar refractivity (Wildman–Crippen MR) is 62.3 cm³/mol.